The Balaban J connectivity index is 1.82. The number of hydrogen-bond acceptors (Lipinski definition) is 2. The molecule has 0 fully saturated rings. The lowest BCUT2D eigenvalue weighted by Crippen LogP contribution is -2.47. The maximum atomic E-state index is 13.7. The number of para-hydroxylation sites is 1. The molecule has 128 valence electrons. The van der Waals surface area contributed by atoms with Crippen molar-refractivity contribution < 1.29 is 9.18 Å². The number of amides is 1. The van der Waals surface area contributed by atoms with Crippen molar-refractivity contribution in [3.63, 3.8) is 0 Å². The van der Waals surface area contributed by atoms with Crippen molar-refractivity contribution in [3.05, 3.63) is 77.7 Å². The van der Waals surface area contributed by atoms with Gasteiger partial charge in [0.25, 0.3) is 5.91 Å². The Morgan fingerprint density at radius 2 is 1.92 bits per heavy atom. The fourth-order valence-corrected chi connectivity index (χ4v) is 2.90. The zero-order chi connectivity index (χ0) is 17.9. The van der Waals surface area contributed by atoms with Gasteiger partial charge in [-0.25, -0.2) is 4.39 Å². The summed E-state index contributed by atoms with van der Waals surface area (Å²) in [5, 5.41) is 3.73. The van der Waals surface area contributed by atoms with Crippen LogP contribution in [0, 0.1) is 5.82 Å². The number of aromatic nitrogens is 1. The number of carbonyl (C=O) groups excluding carboxylic acids is 1. The third-order valence-corrected chi connectivity index (χ3v) is 4.56. The molecule has 0 saturated carbocycles. The maximum Gasteiger partial charge on any atom is 0.253 e. The molecule has 1 atom stereocenters. The van der Waals surface area contributed by atoms with Crippen LogP contribution in [0.15, 0.2) is 60.8 Å². The van der Waals surface area contributed by atoms with Gasteiger partial charge in [-0.2, -0.15) is 0 Å². The summed E-state index contributed by atoms with van der Waals surface area (Å²) in [7, 11) is 0. The Labute approximate surface area is 146 Å². The molecule has 0 spiro atoms. The quantitative estimate of drug-likeness (QED) is 0.744. The average Bonchev–Trinajstić information content (AvgIpc) is 2.62. The maximum absolute atomic E-state index is 13.7. The molecule has 25 heavy (non-hydrogen) atoms. The molecule has 2 aromatic carbocycles. The van der Waals surface area contributed by atoms with Crippen LogP contribution in [0.5, 0.6) is 0 Å². The zero-order valence-electron chi connectivity index (χ0n) is 14.4. The number of benzene rings is 2. The first-order chi connectivity index (χ1) is 12.0. The molecule has 0 radical (unpaired) electrons. The second-order valence-electron chi connectivity index (χ2n) is 6.57. The molecular formula is C21H21FN2O. The lowest BCUT2D eigenvalue weighted by Gasteiger charge is -2.30. The van der Waals surface area contributed by atoms with Gasteiger partial charge in [-0.1, -0.05) is 49.4 Å². The van der Waals surface area contributed by atoms with Crippen molar-refractivity contribution in [3.8, 4) is 0 Å². The molecule has 4 heteroatoms. The van der Waals surface area contributed by atoms with Crippen LogP contribution in [0.3, 0.4) is 0 Å². The minimum Gasteiger partial charge on any atom is -0.347 e. The average molecular weight is 336 g/mol. The van der Waals surface area contributed by atoms with E-state index in [4.69, 9.17) is 0 Å². The van der Waals surface area contributed by atoms with Crippen LogP contribution in [0.2, 0.25) is 0 Å². The van der Waals surface area contributed by atoms with Crippen LogP contribution in [-0.2, 0) is 6.42 Å². The highest BCUT2D eigenvalue weighted by Gasteiger charge is 2.25. The predicted octanol–water partition coefficient (Wildman–Crippen LogP) is 4.52. The SMILES string of the molecule is CCC(C)(Cc1ccccc1)NC(=O)c1cnc2c(F)cccc2c1. The molecule has 0 aliphatic heterocycles. The van der Waals surface area contributed by atoms with Crippen molar-refractivity contribution >= 4 is 16.8 Å². The minimum atomic E-state index is -0.382. The number of halogens is 1. The van der Waals surface area contributed by atoms with E-state index in [0.717, 1.165) is 12.8 Å². The number of hydrogen-bond donors (Lipinski definition) is 1. The fraction of sp³-hybridized carbons (Fsp3) is 0.238. The summed E-state index contributed by atoms with van der Waals surface area (Å²) < 4.78 is 13.7. The predicted molar refractivity (Wildman–Crippen MR) is 98.0 cm³/mol. The van der Waals surface area contributed by atoms with E-state index in [9.17, 15) is 9.18 Å². The number of nitrogens with one attached hydrogen (secondary N) is 1. The summed E-state index contributed by atoms with van der Waals surface area (Å²) >= 11 is 0. The molecule has 3 rings (SSSR count). The molecule has 3 aromatic rings. The van der Waals surface area contributed by atoms with Gasteiger partial charge in [0, 0.05) is 17.1 Å². The van der Waals surface area contributed by atoms with E-state index in [0.29, 0.717) is 10.9 Å². The van der Waals surface area contributed by atoms with Gasteiger partial charge in [-0.3, -0.25) is 9.78 Å². The van der Waals surface area contributed by atoms with Crippen LogP contribution < -0.4 is 5.32 Å². The monoisotopic (exact) mass is 336 g/mol. The van der Waals surface area contributed by atoms with Gasteiger partial charge in [0.2, 0.25) is 0 Å². The van der Waals surface area contributed by atoms with Crippen LogP contribution in [0.1, 0.15) is 36.2 Å². The van der Waals surface area contributed by atoms with Gasteiger partial charge in [0.1, 0.15) is 11.3 Å². The Bertz CT molecular complexity index is 895. The summed E-state index contributed by atoms with van der Waals surface area (Å²) in [6.45, 7) is 4.09. The summed E-state index contributed by atoms with van der Waals surface area (Å²) in [4.78, 5) is 16.8. The molecule has 0 saturated heterocycles. The van der Waals surface area contributed by atoms with E-state index in [-0.39, 0.29) is 22.8 Å². The first kappa shape index (κ1) is 17.1. The summed E-state index contributed by atoms with van der Waals surface area (Å²) in [6.07, 6.45) is 2.97. The third-order valence-electron chi connectivity index (χ3n) is 4.56. The highest BCUT2D eigenvalue weighted by molar-refractivity contribution is 5.97. The van der Waals surface area contributed by atoms with Crippen molar-refractivity contribution in [1.82, 2.24) is 10.3 Å². The molecule has 1 heterocycles. The highest BCUT2D eigenvalue weighted by Crippen LogP contribution is 2.20. The largest absolute Gasteiger partial charge is 0.347 e. The molecule has 1 aromatic heterocycles. The van der Waals surface area contributed by atoms with Crippen LogP contribution in [0.25, 0.3) is 10.9 Å². The second-order valence-corrected chi connectivity index (χ2v) is 6.57. The van der Waals surface area contributed by atoms with Gasteiger partial charge in [0.15, 0.2) is 0 Å². The highest BCUT2D eigenvalue weighted by atomic mass is 19.1. The zero-order valence-corrected chi connectivity index (χ0v) is 14.4. The van der Waals surface area contributed by atoms with Crippen LogP contribution >= 0.6 is 0 Å². The topological polar surface area (TPSA) is 42.0 Å². The van der Waals surface area contributed by atoms with E-state index < -0.39 is 0 Å². The van der Waals surface area contributed by atoms with Crippen molar-refractivity contribution in [2.45, 2.75) is 32.2 Å². The van der Waals surface area contributed by atoms with E-state index in [1.807, 2.05) is 25.1 Å². The molecule has 0 aliphatic carbocycles. The van der Waals surface area contributed by atoms with Gasteiger partial charge >= 0.3 is 0 Å². The number of fused-ring (bicyclic) bond motifs is 1. The van der Waals surface area contributed by atoms with Crippen LogP contribution in [0.4, 0.5) is 4.39 Å². The Morgan fingerprint density at radius 1 is 1.16 bits per heavy atom. The number of nitrogens with zero attached hydrogens (tertiary/aromatic N) is 1. The molecular weight excluding hydrogens is 315 g/mol. The van der Waals surface area contributed by atoms with Crippen molar-refractivity contribution in [1.29, 1.82) is 0 Å². The van der Waals surface area contributed by atoms with E-state index >= 15 is 0 Å². The second kappa shape index (κ2) is 7.01. The van der Waals surface area contributed by atoms with Gasteiger partial charge in [-0.15, -0.1) is 0 Å². The Kier molecular flexibility index (Phi) is 4.79. The number of carbonyl (C=O) groups is 1. The fourth-order valence-electron chi connectivity index (χ4n) is 2.90. The van der Waals surface area contributed by atoms with Crippen LogP contribution in [-0.4, -0.2) is 16.4 Å². The summed E-state index contributed by atoms with van der Waals surface area (Å²) in [5.74, 6) is -0.578. The Hall–Kier alpha value is -2.75. The standard InChI is InChI=1S/C21H21FN2O/c1-3-21(2,13-15-8-5-4-6-9-15)24-20(25)17-12-16-10-7-11-18(22)19(16)23-14-17/h4-12,14H,3,13H2,1-2H3,(H,24,25). The summed E-state index contributed by atoms with van der Waals surface area (Å²) in [6, 6.07) is 16.5. The Morgan fingerprint density at radius 3 is 2.64 bits per heavy atom. The smallest absolute Gasteiger partial charge is 0.253 e. The van der Waals surface area contributed by atoms with E-state index in [1.165, 1.54) is 17.8 Å². The molecule has 1 N–H and O–H groups in total. The van der Waals surface area contributed by atoms with Gasteiger partial charge < -0.3 is 5.32 Å². The van der Waals surface area contributed by atoms with E-state index in [1.54, 1.807) is 18.2 Å². The number of pyridine rings is 1. The normalized spacial score (nSPS) is 13.4. The minimum absolute atomic E-state index is 0.195. The lowest BCUT2D eigenvalue weighted by atomic mass is 9.90. The molecule has 0 aliphatic rings. The summed E-state index contributed by atoms with van der Waals surface area (Å²) in [5.41, 5.74) is 1.52. The molecule has 3 nitrogen and oxygen atoms in total. The van der Waals surface area contributed by atoms with Gasteiger partial charge in [0.05, 0.1) is 5.56 Å². The van der Waals surface area contributed by atoms with E-state index in [2.05, 4.69) is 29.4 Å². The van der Waals surface area contributed by atoms with Gasteiger partial charge in [-0.05, 0) is 37.5 Å². The first-order valence-electron chi connectivity index (χ1n) is 8.41. The molecule has 1 unspecified atom stereocenters. The first-order valence-corrected chi connectivity index (χ1v) is 8.41. The number of rotatable bonds is 5. The van der Waals surface area contributed by atoms with Crippen molar-refractivity contribution in [2.75, 3.05) is 0 Å². The van der Waals surface area contributed by atoms with Crippen molar-refractivity contribution in [2.24, 2.45) is 0 Å². The lowest BCUT2D eigenvalue weighted by molar-refractivity contribution is 0.0903. The molecule has 1 amide bonds. The molecule has 0 bridgehead atoms. The third kappa shape index (κ3) is 3.85.